The summed E-state index contributed by atoms with van der Waals surface area (Å²) in [4.78, 5) is 6.87. The highest BCUT2D eigenvalue weighted by Crippen LogP contribution is 2.18. The number of aryl methyl sites for hydroxylation is 1. The molecule has 1 aliphatic rings. The van der Waals surface area contributed by atoms with Crippen molar-refractivity contribution in [3.63, 3.8) is 0 Å². The van der Waals surface area contributed by atoms with E-state index >= 15 is 0 Å². The van der Waals surface area contributed by atoms with Crippen molar-refractivity contribution in [1.82, 2.24) is 25.3 Å². The maximum absolute atomic E-state index is 5.48. The number of halogens is 1. The smallest absolute Gasteiger partial charge is 0.191 e. The van der Waals surface area contributed by atoms with E-state index in [1.54, 1.807) is 0 Å². The summed E-state index contributed by atoms with van der Waals surface area (Å²) >= 11 is 0. The van der Waals surface area contributed by atoms with E-state index in [2.05, 4.69) is 60.4 Å². The fraction of sp³-hybridized carbons (Fsp3) is 0.545. The van der Waals surface area contributed by atoms with Crippen LogP contribution in [-0.2, 0) is 11.3 Å². The molecule has 0 saturated carbocycles. The summed E-state index contributed by atoms with van der Waals surface area (Å²) in [6, 6.07) is 10.2. The second-order valence-corrected chi connectivity index (χ2v) is 8.09. The molecule has 7 nitrogen and oxygen atoms in total. The highest BCUT2D eigenvalue weighted by molar-refractivity contribution is 14.0. The SMILES string of the molecule is CN=C(NCc1c(C)nn(-c2ccccc2)c1C)NCC(C)(C)N1CCOCC1.I. The van der Waals surface area contributed by atoms with Crippen molar-refractivity contribution in [3.8, 4) is 5.69 Å². The summed E-state index contributed by atoms with van der Waals surface area (Å²) in [7, 11) is 1.81. The van der Waals surface area contributed by atoms with Crippen LogP contribution in [0, 0.1) is 13.8 Å². The first-order chi connectivity index (χ1) is 13.9. The van der Waals surface area contributed by atoms with Gasteiger partial charge in [-0.2, -0.15) is 5.10 Å². The van der Waals surface area contributed by atoms with Crippen LogP contribution in [0.3, 0.4) is 0 Å². The molecule has 0 spiro atoms. The van der Waals surface area contributed by atoms with E-state index in [0.717, 1.165) is 55.9 Å². The molecule has 0 radical (unpaired) electrons. The van der Waals surface area contributed by atoms with Gasteiger partial charge in [-0.1, -0.05) is 18.2 Å². The Morgan fingerprint density at radius 2 is 1.80 bits per heavy atom. The van der Waals surface area contributed by atoms with Crippen molar-refractivity contribution in [2.24, 2.45) is 4.99 Å². The summed E-state index contributed by atoms with van der Waals surface area (Å²) in [6.07, 6.45) is 0. The molecule has 1 saturated heterocycles. The molecular weight excluding hydrogens is 491 g/mol. The third-order valence-corrected chi connectivity index (χ3v) is 5.65. The number of para-hydroxylation sites is 1. The molecule has 1 aliphatic heterocycles. The Balaban J connectivity index is 0.00000320. The van der Waals surface area contributed by atoms with E-state index in [1.807, 2.05) is 29.9 Å². The molecule has 2 N–H and O–H groups in total. The van der Waals surface area contributed by atoms with Gasteiger partial charge in [0.1, 0.15) is 0 Å². The fourth-order valence-electron chi connectivity index (χ4n) is 3.72. The van der Waals surface area contributed by atoms with Gasteiger partial charge in [0, 0.05) is 50.0 Å². The van der Waals surface area contributed by atoms with Crippen LogP contribution in [0.15, 0.2) is 35.3 Å². The molecule has 0 unspecified atom stereocenters. The number of guanidine groups is 1. The first-order valence-electron chi connectivity index (χ1n) is 10.3. The molecule has 1 aromatic carbocycles. The molecule has 2 aromatic rings. The third-order valence-electron chi connectivity index (χ3n) is 5.65. The van der Waals surface area contributed by atoms with Crippen LogP contribution in [0.2, 0.25) is 0 Å². The van der Waals surface area contributed by atoms with Crippen LogP contribution in [0.5, 0.6) is 0 Å². The van der Waals surface area contributed by atoms with E-state index in [9.17, 15) is 0 Å². The van der Waals surface area contributed by atoms with E-state index in [-0.39, 0.29) is 29.5 Å². The minimum atomic E-state index is 0. The molecular formula is C22H35IN6O. The topological polar surface area (TPSA) is 66.7 Å². The van der Waals surface area contributed by atoms with Crippen molar-refractivity contribution in [2.45, 2.75) is 39.8 Å². The molecule has 0 aliphatic carbocycles. The number of aromatic nitrogens is 2. The van der Waals surface area contributed by atoms with Crippen molar-refractivity contribution < 1.29 is 4.74 Å². The third kappa shape index (κ3) is 5.95. The van der Waals surface area contributed by atoms with Gasteiger partial charge in [-0.3, -0.25) is 9.89 Å². The first-order valence-corrected chi connectivity index (χ1v) is 10.3. The van der Waals surface area contributed by atoms with Gasteiger partial charge in [0.25, 0.3) is 0 Å². The lowest BCUT2D eigenvalue weighted by molar-refractivity contribution is -0.00834. The largest absolute Gasteiger partial charge is 0.379 e. The minimum Gasteiger partial charge on any atom is -0.379 e. The van der Waals surface area contributed by atoms with Crippen molar-refractivity contribution in [1.29, 1.82) is 0 Å². The predicted octanol–water partition coefficient (Wildman–Crippen LogP) is 2.88. The zero-order chi connectivity index (χ0) is 20.9. The summed E-state index contributed by atoms with van der Waals surface area (Å²) < 4.78 is 7.48. The molecule has 1 fully saturated rings. The van der Waals surface area contributed by atoms with E-state index < -0.39 is 0 Å². The lowest BCUT2D eigenvalue weighted by Crippen LogP contribution is -2.56. The zero-order valence-corrected chi connectivity index (χ0v) is 21.1. The fourth-order valence-corrected chi connectivity index (χ4v) is 3.72. The van der Waals surface area contributed by atoms with Crippen LogP contribution in [-0.4, -0.2) is 66.1 Å². The molecule has 8 heteroatoms. The number of rotatable bonds is 6. The van der Waals surface area contributed by atoms with Crippen LogP contribution < -0.4 is 10.6 Å². The monoisotopic (exact) mass is 526 g/mol. The van der Waals surface area contributed by atoms with Gasteiger partial charge in [-0.25, -0.2) is 4.68 Å². The standard InChI is InChI=1S/C22H34N6O.HI/c1-17-20(18(2)28(26-17)19-9-7-6-8-10-19)15-24-21(23-5)25-16-22(3,4)27-11-13-29-14-12-27;/h6-10H,11-16H2,1-5H3,(H2,23,24,25);1H. The molecule has 1 aromatic heterocycles. The van der Waals surface area contributed by atoms with Gasteiger partial charge in [0.05, 0.1) is 24.6 Å². The second kappa shape index (κ2) is 11.1. The Morgan fingerprint density at radius 3 is 2.43 bits per heavy atom. The Kier molecular flexibility index (Phi) is 9.11. The molecule has 0 atom stereocenters. The lowest BCUT2D eigenvalue weighted by Gasteiger charge is -2.41. The number of morpholine rings is 1. The number of aliphatic imine (C=N–C) groups is 1. The van der Waals surface area contributed by atoms with Gasteiger partial charge >= 0.3 is 0 Å². The zero-order valence-electron chi connectivity index (χ0n) is 18.7. The molecule has 2 heterocycles. The summed E-state index contributed by atoms with van der Waals surface area (Å²) in [5.41, 5.74) is 4.48. The van der Waals surface area contributed by atoms with Gasteiger partial charge < -0.3 is 15.4 Å². The number of hydrogen-bond donors (Lipinski definition) is 2. The predicted molar refractivity (Wildman–Crippen MR) is 133 cm³/mol. The van der Waals surface area contributed by atoms with E-state index in [1.165, 1.54) is 5.56 Å². The van der Waals surface area contributed by atoms with Crippen molar-refractivity contribution >= 4 is 29.9 Å². The summed E-state index contributed by atoms with van der Waals surface area (Å²) in [5, 5.41) is 11.7. The molecule has 166 valence electrons. The number of hydrogen-bond acceptors (Lipinski definition) is 4. The van der Waals surface area contributed by atoms with Crippen LogP contribution in [0.1, 0.15) is 30.8 Å². The summed E-state index contributed by atoms with van der Waals surface area (Å²) in [6.45, 7) is 13.7. The Labute approximate surface area is 197 Å². The van der Waals surface area contributed by atoms with Gasteiger partial charge in [0.2, 0.25) is 0 Å². The normalized spacial score (nSPS) is 15.6. The maximum atomic E-state index is 5.48. The quantitative estimate of drug-likeness (QED) is 0.345. The Bertz CT molecular complexity index is 828. The average molecular weight is 526 g/mol. The first kappa shape index (κ1) is 24.6. The number of benzene rings is 1. The molecule has 0 bridgehead atoms. The average Bonchev–Trinajstić information content (AvgIpc) is 3.03. The Morgan fingerprint density at radius 1 is 1.13 bits per heavy atom. The molecule has 0 amide bonds. The highest BCUT2D eigenvalue weighted by atomic mass is 127. The Hall–Kier alpha value is -1.65. The number of nitrogens with one attached hydrogen (secondary N) is 2. The second-order valence-electron chi connectivity index (χ2n) is 8.09. The molecule has 3 rings (SSSR count). The van der Waals surface area contributed by atoms with E-state index in [4.69, 9.17) is 9.84 Å². The molecule has 30 heavy (non-hydrogen) atoms. The highest BCUT2D eigenvalue weighted by Gasteiger charge is 2.28. The lowest BCUT2D eigenvalue weighted by atomic mass is 10.0. The van der Waals surface area contributed by atoms with Crippen LogP contribution in [0.4, 0.5) is 0 Å². The number of nitrogens with zero attached hydrogens (tertiary/aromatic N) is 4. The van der Waals surface area contributed by atoms with Crippen molar-refractivity contribution in [3.05, 3.63) is 47.3 Å². The van der Waals surface area contributed by atoms with Gasteiger partial charge in [-0.05, 0) is 39.8 Å². The maximum Gasteiger partial charge on any atom is 0.191 e. The van der Waals surface area contributed by atoms with Crippen molar-refractivity contribution in [2.75, 3.05) is 39.9 Å². The van der Waals surface area contributed by atoms with Crippen LogP contribution in [0.25, 0.3) is 5.69 Å². The summed E-state index contributed by atoms with van der Waals surface area (Å²) in [5.74, 6) is 0.803. The van der Waals surface area contributed by atoms with Gasteiger partial charge in [0.15, 0.2) is 5.96 Å². The van der Waals surface area contributed by atoms with Crippen LogP contribution >= 0.6 is 24.0 Å². The number of ether oxygens (including phenoxy) is 1. The minimum absolute atomic E-state index is 0. The van der Waals surface area contributed by atoms with Gasteiger partial charge in [-0.15, -0.1) is 24.0 Å². The van der Waals surface area contributed by atoms with E-state index in [0.29, 0.717) is 6.54 Å².